The number of amides is 1. The van der Waals surface area contributed by atoms with Gasteiger partial charge in [-0.15, -0.1) is 0 Å². The van der Waals surface area contributed by atoms with E-state index in [0.717, 1.165) is 6.26 Å². The van der Waals surface area contributed by atoms with Crippen molar-refractivity contribution in [3.05, 3.63) is 35.4 Å². The van der Waals surface area contributed by atoms with E-state index in [-0.39, 0.29) is 5.56 Å². The van der Waals surface area contributed by atoms with Gasteiger partial charge in [-0.05, 0) is 24.3 Å². The molecule has 6 heteroatoms. The molecule has 0 aromatic heterocycles. The molecule has 0 bridgehead atoms. The fourth-order valence-corrected chi connectivity index (χ4v) is 1.38. The summed E-state index contributed by atoms with van der Waals surface area (Å²) in [6.45, 7) is 0. The maximum Gasteiger partial charge on any atom is 0.264 e. The van der Waals surface area contributed by atoms with E-state index in [2.05, 4.69) is 0 Å². The second-order valence-corrected chi connectivity index (χ2v) is 4.64. The van der Waals surface area contributed by atoms with Gasteiger partial charge in [0, 0.05) is 5.56 Å². The highest BCUT2D eigenvalue weighted by atomic mass is 32.2. The normalized spacial score (nSPS) is 10.4. The van der Waals surface area contributed by atoms with Crippen molar-refractivity contribution in [2.24, 2.45) is 0 Å². The van der Waals surface area contributed by atoms with E-state index in [1.165, 1.54) is 24.3 Å². The van der Waals surface area contributed by atoms with Crippen molar-refractivity contribution in [2.45, 2.75) is 0 Å². The van der Waals surface area contributed by atoms with Gasteiger partial charge in [-0.3, -0.25) is 4.79 Å². The third-order valence-corrected chi connectivity index (χ3v) is 2.11. The van der Waals surface area contributed by atoms with Crippen LogP contribution in [0, 0.1) is 11.3 Å². The lowest BCUT2D eigenvalue weighted by Crippen LogP contribution is -2.29. The molecule has 0 radical (unpaired) electrons. The number of sulfonamides is 1. The molecule has 0 saturated heterocycles. The first-order valence-corrected chi connectivity index (χ1v) is 5.84. The van der Waals surface area contributed by atoms with Crippen LogP contribution in [0.1, 0.15) is 15.9 Å². The number of nitrogens with one attached hydrogen (secondary N) is 1. The summed E-state index contributed by atoms with van der Waals surface area (Å²) in [4.78, 5) is 11.3. The Balaban J connectivity index is 2.90. The van der Waals surface area contributed by atoms with Crippen LogP contribution in [0.5, 0.6) is 0 Å². The minimum Gasteiger partial charge on any atom is -0.268 e. The van der Waals surface area contributed by atoms with Crippen LogP contribution < -0.4 is 4.72 Å². The molecular weight excluding hydrogens is 216 g/mol. The zero-order chi connectivity index (χ0) is 11.5. The highest BCUT2D eigenvalue weighted by molar-refractivity contribution is 7.89. The Hall–Kier alpha value is -1.87. The van der Waals surface area contributed by atoms with Crippen molar-refractivity contribution in [3.8, 4) is 6.07 Å². The molecule has 5 nitrogen and oxygen atoms in total. The maximum atomic E-state index is 11.3. The topological polar surface area (TPSA) is 87.0 Å². The predicted molar refractivity (Wildman–Crippen MR) is 53.5 cm³/mol. The van der Waals surface area contributed by atoms with Crippen LogP contribution >= 0.6 is 0 Å². The molecule has 0 saturated carbocycles. The van der Waals surface area contributed by atoms with E-state index in [4.69, 9.17) is 5.26 Å². The summed E-state index contributed by atoms with van der Waals surface area (Å²) in [6.07, 6.45) is 0.897. The Morgan fingerprint density at radius 3 is 2.27 bits per heavy atom. The van der Waals surface area contributed by atoms with E-state index in [0.29, 0.717) is 5.56 Å². The minimum atomic E-state index is -3.55. The molecule has 0 atom stereocenters. The van der Waals surface area contributed by atoms with Crippen LogP contribution in [-0.4, -0.2) is 20.6 Å². The predicted octanol–water partition coefficient (Wildman–Crippen LogP) is 0.248. The number of nitriles is 1. The molecular formula is C9H8N2O3S. The number of nitrogens with zero attached hydrogens (tertiary/aromatic N) is 1. The van der Waals surface area contributed by atoms with Gasteiger partial charge >= 0.3 is 0 Å². The summed E-state index contributed by atoms with van der Waals surface area (Å²) < 4.78 is 23.3. The third kappa shape index (κ3) is 3.40. The summed E-state index contributed by atoms with van der Waals surface area (Å²) in [5, 5.41) is 8.51. The lowest BCUT2D eigenvalue weighted by molar-refractivity contribution is 0.0981. The lowest BCUT2D eigenvalue weighted by Gasteiger charge is -2.01. The third-order valence-electron chi connectivity index (χ3n) is 1.55. The Morgan fingerprint density at radius 1 is 1.33 bits per heavy atom. The molecule has 78 valence electrons. The van der Waals surface area contributed by atoms with E-state index >= 15 is 0 Å². The van der Waals surface area contributed by atoms with E-state index in [1.54, 1.807) is 0 Å². The molecule has 0 unspecified atom stereocenters. The second-order valence-electron chi connectivity index (χ2n) is 2.89. The number of rotatable bonds is 2. The number of carbonyl (C=O) groups is 1. The van der Waals surface area contributed by atoms with Crippen molar-refractivity contribution in [1.82, 2.24) is 4.72 Å². The zero-order valence-electron chi connectivity index (χ0n) is 7.89. The van der Waals surface area contributed by atoms with Crippen LogP contribution in [0.2, 0.25) is 0 Å². The Bertz CT molecular complexity index is 511. The van der Waals surface area contributed by atoms with Gasteiger partial charge in [-0.25, -0.2) is 13.1 Å². The first kappa shape index (κ1) is 11.2. The Labute approximate surface area is 87.4 Å². The molecule has 0 aliphatic carbocycles. The lowest BCUT2D eigenvalue weighted by atomic mass is 10.1. The zero-order valence-corrected chi connectivity index (χ0v) is 8.71. The van der Waals surface area contributed by atoms with Crippen LogP contribution in [0.25, 0.3) is 0 Å². The van der Waals surface area contributed by atoms with Gasteiger partial charge in [0.1, 0.15) is 0 Å². The average Bonchev–Trinajstić information content (AvgIpc) is 2.15. The van der Waals surface area contributed by atoms with Gasteiger partial charge in [0.05, 0.1) is 17.9 Å². The summed E-state index contributed by atoms with van der Waals surface area (Å²) in [7, 11) is -3.55. The monoisotopic (exact) mass is 224 g/mol. The molecule has 0 aliphatic heterocycles. The average molecular weight is 224 g/mol. The SMILES string of the molecule is CS(=O)(=O)NC(=O)c1ccc(C#N)cc1. The van der Waals surface area contributed by atoms with E-state index < -0.39 is 15.9 Å². The van der Waals surface area contributed by atoms with Crippen molar-refractivity contribution in [2.75, 3.05) is 6.26 Å². The van der Waals surface area contributed by atoms with Crippen molar-refractivity contribution in [1.29, 1.82) is 5.26 Å². The molecule has 1 aromatic rings. The van der Waals surface area contributed by atoms with E-state index in [9.17, 15) is 13.2 Å². The number of hydrogen-bond acceptors (Lipinski definition) is 4. The van der Waals surface area contributed by atoms with Crippen LogP contribution in [0.3, 0.4) is 0 Å². The quantitative estimate of drug-likeness (QED) is 0.779. The fourth-order valence-electron chi connectivity index (χ4n) is 0.923. The Morgan fingerprint density at radius 2 is 1.87 bits per heavy atom. The summed E-state index contributed by atoms with van der Waals surface area (Å²) in [5.41, 5.74) is 0.602. The molecule has 1 aromatic carbocycles. The molecule has 0 fully saturated rings. The van der Waals surface area contributed by atoms with E-state index in [1.807, 2.05) is 10.8 Å². The number of hydrogen-bond donors (Lipinski definition) is 1. The van der Waals surface area contributed by atoms with Crippen molar-refractivity contribution in [3.63, 3.8) is 0 Å². The molecule has 0 spiro atoms. The van der Waals surface area contributed by atoms with Gasteiger partial charge in [0.15, 0.2) is 0 Å². The Kier molecular flexibility index (Phi) is 3.07. The number of benzene rings is 1. The second kappa shape index (κ2) is 4.11. The first-order chi connectivity index (χ1) is 6.92. The fraction of sp³-hybridized carbons (Fsp3) is 0.111. The highest BCUT2D eigenvalue weighted by Crippen LogP contribution is 2.03. The van der Waals surface area contributed by atoms with Crippen molar-refractivity contribution >= 4 is 15.9 Å². The van der Waals surface area contributed by atoms with Crippen LogP contribution in [0.15, 0.2) is 24.3 Å². The molecule has 1 N–H and O–H groups in total. The highest BCUT2D eigenvalue weighted by Gasteiger charge is 2.10. The number of carbonyl (C=O) groups excluding carboxylic acids is 1. The van der Waals surface area contributed by atoms with Crippen molar-refractivity contribution < 1.29 is 13.2 Å². The molecule has 0 aliphatic rings. The van der Waals surface area contributed by atoms with Gasteiger partial charge < -0.3 is 0 Å². The minimum absolute atomic E-state index is 0.194. The summed E-state index contributed by atoms with van der Waals surface area (Å²) in [6, 6.07) is 7.55. The van der Waals surface area contributed by atoms with Crippen LogP contribution in [0.4, 0.5) is 0 Å². The standard InChI is InChI=1S/C9H8N2O3S/c1-15(13,14)11-9(12)8-4-2-7(6-10)3-5-8/h2-5H,1H3,(H,11,12). The van der Waals surface area contributed by atoms with Gasteiger partial charge in [0.2, 0.25) is 10.0 Å². The molecule has 1 rings (SSSR count). The smallest absolute Gasteiger partial charge is 0.264 e. The largest absolute Gasteiger partial charge is 0.268 e. The van der Waals surface area contributed by atoms with Gasteiger partial charge in [-0.2, -0.15) is 5.26 Å². The molecule has 0 heterocycles. The first-order valence-electron chi connectivity index (χ1n) is 3.94. The van der Waals surface area contributed by atoms with Crippen LogP contribution in [-0.2, 0) is 10.0 Å². The summed E-state index contributed by atoms with van der Waals surface area (Å²) >= 11 is 0. The molecule has 1 amide bonds. The maximum absolute atomic E-state index is 11.3. The van der Waals surface area contributed by atoms with Gasteiger partial charge in [-0.1, -0.05) is 0 Å². The van der Waals surface area contributed by atoms with Gasteiger partial charge in [0.25, 0.3) is 5.91 Å². The summed E-state index contributed by atoms with van der Waals surface area (Å²) in [5.74, 6) is -0.706. The molecule has 15 heavy (non-hydrogen) atoms.